The van der Waals surface area contributed by atoms with E-state index in [2.05, 4.69) is 29.0 Å². The first kappa shape index (κ1) is 15.8. The molecule has 0 aromatic heterocycles. The molecule has 0 bridgehead atoms. The van der Waals surface area contributed by atoms with Crippen LogP contribution in [0.1, 0.15) is 42.3 Å². The number of hydrogen-bond donors (Lipinski definition) is 1. The largest absolute Gasteiger partial charge is 0.280 e. The average Bonchev–Trinajstić information content (AvgIpc) is 2.62. The first-order chi connectivity index (χ1) is 11.6. The second-order valence-corrected chi connectivity index (χ2v) is 8.34. The minimum Gasteiger partial charge on any atom is -0.202 e. The van der Waals surface area contributed by atoms with Crippen LogP contribution in [0.2, 0.25) is 0 Å². The molecule has 0 amide bonds. The van der Waals surface area contributed by atoms with Crippen LogP contribution in [-0.4, -0.2) is 25.3 Å². The molecule has 1 N–H and O–H groups in total. The molecular weight excluding hydrogens is 320 g/mol. The fraction of sp³-hybridized carbons (Fsp3) is 0.368. The van der Waals surface area contributed by atoms with E-state index >= 15 is 0 Å². The van der Waals surface area contributed by atoms with E-state index in [0.29, 0.717) is 12.5 Å². The van der Waals surface area contributed by atoms with Gasteiger partial charge in [0.1, 0.15) is 0 Å². The SMILES string of the molecule is O=S1(=O)NCCC2CC(c3ccccc3)CC(c3ccccc3)N21. The molecule has 4 rings (SSSR count). The number of rotatable bonds is 2. The number of nitrogens with one attached hydrogen (secondary N) is 1. The zero-order valence-electron chi connectivity index (χ0n) is 13.5. The molecule has 2 fully saturated rings. The van der Waals surface area contributed by atoms with Crippen molar-refractivity contribution in [3.05, 3.63) is 71.8 Å². The Bertz CT molecular complexity index is 793. The third-order valence-electron chi connectivity index (χ3n) is 5.23. The van der Waals surface area contributed by atoms with Gasteiger partial charge in [-0.1, -0.05) is 60.7 Å². The normalized spacial score (nSPS) is 29.8. The minimum atomic E-state index is -3.40. The lowest BCUT2D eigenvalue weighted by Crippen LogP contribution is -2.56. The van der Waals surface area contributed by atoms with Gasteiger partial charge >= 0.3 is 0 Å². The highest BCUT2D eigenvalue weighted by Crippen LogP contribution is 2.45. The lowest BCUT2D eigenvalue weighted by molar-refractivity contribution is 0.143. The summed E-state index contributed by atoms with van der Waals surface area (Å²) in [4.78, 5) is 0. The highest BCUT2D eigenvalue weighted by atomic mass is 32.2. The zero-order chi connectivity index (χ0) is 16.6. The van der Waals surface area contributed by atoms with Crippen LogP contribution < -0.4 is 4.72 Å². The molecule has 3 unspecified atom stereocenters. The Morgan fingerprint density at radius 3 is 2.17 bits per heavy atom. The number of nitrogens with zero attached hydrogens (tertiary/aromatic N) is 1. The van der Waals surface area contributed by atoms with Crippen LogP contribution >= 0.6 is 0 Å². The summed E-state index contributed by atoms with van der Waals surface area (Å²) in [5, 5.41) is 0. The van der Waals surface area contributed by atoms with Crippen LogP contribution in [0, 0.1) is 0 Å². The number of benzene rings is 2. The van der Waals surface area contributed by atoms with E-state index in [4.69, 9.17) is 0 Å². The summed E-state index contributed by atoms with van der Waals surface area (Å²) in [5.41, 5.74) is 2.39. The van der Waals surface area contributed by atoms with E-state index in [1.165, 1.54) is 5.56 Å². The monoisotopic (exact) mass is 342 g/mol. The second-order valence-electron chi connectivity index (χ2n) is 6.68. The van der Waals surface area contributed by atoms with Crippen molar-refractivity contribution in [2.24, 2.45) is 0 Å². The number of piperidine rings is 1. The summed E-state index contributed by atoms with van der Waals surface area (Å²) in [6.45, 7) is 0.534. The van der Waals surface area contributed by atoms with Gasteiger partial charge in [0, 0.05) is 12.6 Å². The van der Waals surface area contributed by atoms with Gasteiger partial charge in [0.25, 0.3) is 10.2 Å². The van der Waals surface area contributed by atoms with E-state index in [9.17, 15) is 8.42 Å². The summed E-state index contributed by atoms with van der Waals surface area (Å²) in [7, 11) is -3.40. The van der Waals surface area contributed by atoms with Crippen molar-refractivity contribution in [1.29, 1.82) is 0 Å². The van der Waals surface area contributed by atoms with Crippen molar-refractivity contribution in [3.63, 3.8) is 0 Å². The van der Waals surface area contributed by atoms with Crippen LogP contribution in [0.3, 0.4) is 0 Å². The van der Waals surface area contributed by atoms with Crippen molar-refractivity contribution in [2.75, 3.05) is 6.54 Å². The molecule has 2 aliphatic heterocycles. The molecule has 126 valence electrons. The van der Waals surface area contributed by atoms with Crippen LogP contribution in [0.4, 0.5) is 0 Å². The van der Waals surface area contributed by atoms with Crippen LogP contribution in [0.5, 0.6) is 0 Å². The van der Waals surface area contributed by atoms with Crippen molar-refractivity contribution in [2.45, 2.75) is 37.3 Å². The smallest absolute Gasteiger partial charge is 0.202 e. The molecule has 0 aliphatic carbocycles. The lowest BCUT2D eigenvalue weighted by atomic mass is 9.80. The fourth-order valence-corrected chi connectivity index (χ4v) is 5.80. The Labute approximate surface area is 143 Å². The van der Waals surface area contributed by atoms with Gasteiger partial charge in [-0.15, -0.1) is 0 Å². The van der Waals surface area contributed by atoms with Gasteiger partial charge in [0.05, 0.1) is 6.04 Å². The molecule has 0 radical (unpaired) electrons. The molecule has 4 nitrogen and oxygen atoms in total. The van der Waals surface area contributed by atoms with Gasteiger partial charge in [-0.25, -0.2) is 4.72 Å². The Morgan fingerprint density at radius 1 is 0.875 bits per heavy atom. The van der Waals surface area contributed by atoms with Crippen molar-refractivity contribution in [1.82, 2.24) is 9.03 Å². The lowest BCUT2D eigenvalue weighted by Gasteiger charge is -2.46. The Kier molecular flexibility index (Phi) is 4.16. The molecule has 2 aromatic rings. The maximum absolute atomic E-state index is 12.7. The molecule has 2 saturated heterocycles. The van der Waals surface area contributed by atoms with Gasteiger partial charge in [0.2, 0.25) is 0 Å². The first-order valence-corrected chi connectivity index (χ1v) is 9.97. The van der Waals surface area contributed by atoms with E-state index < -0.39 is 10.2 Å². The molecule has 2 aromatic carbocycles. The summed E-state index contributed by atoms with van der Waals surface area (Å²) in [6, 6.07) is 20.5. The predicted octanol–water partition coefficient (Wildman–Crippen LogP) is 3.21. The van der Waals surface area contributed by atoms with Gasteiger partial charge in [-0.2, -0.15) is 12.7 Å². The summed E-state index contributed by atoms with van der Waals surface area (Å²) in [6.07, 6.45) is 2.59. The Morgan fingerprint density at radius 2 is 1.50 bits per heavy atom. The Hall–Kier alpha value is -1.69. The van der Waals surface area contributed by atoms with E-state index in [-0.39, 0.29) is 12.1 Å². The van der Waals surface area contributed by atoms with Gasteiger partial charge in [0.15, 0.2) is 0 Å². The third kappa shape index (κ3) is 2.88. The molecule has 0 saturated carbocycles. The topological polar surface area (TPSA) is 49.4 Å². The Balaban J connectivity index is 1.74. The third-order valence-corrected chi connectivity index (χ3v) is 6.90. The van der Waals surface area contributed by atoms with Crippen molar-refractivity contribution in [3.8, 4) is 0 Å². The fourth-order valence-electron chi connectivity index (χ4n) is 4.15. The van der Waals surface area contributed by atoms with E-state index in [1.54, 1.807) is 4.31 Å². The highest BCUT2D eigenvalue weighted by molar-refractivity contribution is 7.87. The van der Waals surface area contributed by atoms with Crippen molar-refractivity contribution < 1.29 is 8.42 Å². The summed E-state index contributed by atoms with van der Waals surface area (Å²) in [5.74, 6) is 0.394. The van der Waals surface area contributed by atoms with Gasteiger partial charge in [-0.05, 0) is 36.3 Å². The molecular formula is C19H22N2O2S. The second kappa shape index (κ2) is 6.31. The number of hydrogen-bond acceptors (Lipinski definition) is 2. The van der Waals surface area contributed by atoms with Gasteiger partial charge in [-0.3, -0.25) is 0 Å². The quantitative estimate of drug-likeness (QED) is 0.911. The van der Waals surface area contributed by atoms with E-state index in [0.717, 1.165) is 24.8 Å². The molecule has 2 heterocycles. The molecule has 2 aliphatic rings. The first-order valence-electron chi connectivity index (χ1n) is 8.53. The molecule has 3 atom stereocenters. The average molecular weight is 342 g/mol. The van der Waals surface area contributed by atoms with Crippen LogP contribution in [0.25, 0.3) is 0 Å². The molecule has 0 spiro atoms. The van der Waals surface area contributed by atoms with Crippen LogP contribution in [-0.2, 0) is 10.2 Å². The standard InChI is InChI=1S/C19H22N2O2S/c22-24(23)20-12-11-18-13-17(15-7-3-1-4-8-15)14-19(21(18)24)16-9-5-2-6-10-16/h1-10,17-20H,11-14H2. The number of fused-ring (bicyclic) bond motifs is 1. The van der Waals surface area contributed by atoms with Gasteiger partial charge < -0.3 is 0 Å². The summed E-state index contributed by atoms with van der Waals surface area (Å²) >= 11 is 0. The highest BCUT2D eigenvalue weighted by Gasteiger charge is 2.45. The van der Waals surface area contributed by atoms with Crippen molar-refractivity contribution >= 4 is 10.2 Å². The molecule has 24 heavy (non-hydrogen) atoms. The summed E-state index contributed by atoms with van der Waals surface area (Å²) < 4.78 is 29.8. The molecule has 5 heteroatoms. The maximum atomic E-state index is 12.7. The minimum absolute atomic E-state index is 0.0698. The van der Waals surface area contributed by atoms with E-state index in [1.807, 2.05) is 36.4 Å². The zero-order valence-corrected chi connectivity index (χ0v) is 14.3. The maximum Gasteiger partial charge on any atom is 0.280 e. The predicted molar refractivity (Wildman–Crippen MR) is 94.8 cm³/mol. The van der Waals surface area contributed by atoms with Crippen LogP contribution in [0.15, 0.2) is 60.7 Å².